The zero-order chi connectivity index (χ0) is 8.43. The molecule has 1 amide bonds. The van der Waals surface area contributed by atoms with E-state index in [1.807, 2.05) is 0 Å². The normalized spacial score (nSPS) is 21.4. The van der Waals surface area contributed by atoms with Crippen LogP contribution in [0.3, 0.4) is 0 Å². The van der Waals surface area contributed by atoms with E-state index in [1.54, 1.807) is 7.05 Å². The van der Waals surface area contributed by atoms with Crippen molar-refractivity contribution in [3.8, 4) is 0 Å². The first-order valence-electron chi connectivity index (χ1n) is 2.95. The molecule has 0 bridgehead atoms. The minimum absolute atomic E-state index is 0.0532. The number of hydrogen-bond donors (Lipinski definition) is 1. The highest BCUT2D eigenvalue weighted by Crippen LogP contribution is 2.26. The van der Waals surface area contributed by atoms with E-state index in [-0.39, 0.29) is 5.91 Å². The van der Waals surface area contributed by atoms with Gasteiger partial charge in [0.05, 0.1) is 16.9 Å². The van der Waals surface area contributed by atoms with Crippen LogP contribution in [0.15, 0.2) is 11.1 Å². The molecule has 1 saturated heterocycles. The summed E-state index contributed by atoms with van der Waals surface area (Å²) >= 11 is 1.24. The van der Waals surface area contributed by atoms with E-state index in [2.05, 4.69) is 0 Å². The Bertz CT molecular complexity index is 236. The van der Waals surface area contributed by atoms with Gasteiger partial charge in [-0.3, -0.25) is 4.79 Å². The lowest BCUT2D eigenvalue weighted by Gasteiger charge is -2.06. The van der Waals surface area contributed by atoms with Crippen LogP contribution in [-0.2, 0) is 9.59 Å². The SMILES string of the molecule is CN1C(=O)CS/C1=C\C(=O)O. The molecule has 1 rings (SSSR count). The molecule has 1 fully saturated rings. The van der Waals surface area contributed by atoms with Crippen molar-refractivity contribution in [2.24, 2.45) is 0 Å². The third-order valence-corrected chi connectivity index (χ3v) is 2.37. The molecule has 5 heteroatoms. The third kappa shape index (κ3) is 1.74. The zero-order valence-corrected chi connectivity index (χ0v) is 6.72. The van der Waals surface area contributed by atoms with Crippen molar-refractivity contribution in [3.63, 3.8) is 0 Å². The quantitative estimate of drug-likeness (QED) is 0.572. The van der Waals surface area contributed by atoms with Crippen LogP contribution < -0.4 is 0 Å². The topological polar surface area (TPSA) is 57.6 Å². The Labute approximate surface area is 67.9 Å². The highest BCUT2D eigenvalue weighted by Gasteiger charge is 2.22. The van der Waals surface area contributed by atoms with E-state index < -0.39 is 5.97 Å². The fourth-order valence-electron chi connectivity index (χ4n) is 0.696. The maximum atomic E-state index is 10.8. The number of nitrogens with zero attached hydrogens (tertiary/aromatic N) is 1. The van der Waals surface area contributed by atoms with Crippen molar-refractivity contribution >= 4 is 23.6 Å². The minimum Gasteiger partial charge on any atom is -0.478 e. The molecule has 1 N–H and O–H groups in total. The molecular weight excluding hydrogens is 166 g/mol. The van der Waals surface area contributed by atoms with Gasteiger partial charge in [-0.05, 0) is 0 Å². The molecule has 1 aliphatic rings. The van der Waals surface area contributed by atoms with Crippen molar-refractivity contribution in [2.75, 3.05) is 12.8 Å². The maximum absolute atomic E-state index is 10.8. The van der Waals surface area contributed by atoms with Crippen molar-refractivity contribution in [3.05, 3.63) is 11.1 Å². The molecule has 0 unspecified atom stereocenters. The number of carbonyl (C=O) groups is 2. The van der Waals surface area contributed by atoms with Gasteiger partial charge in [-0.2, -0.15) is 0 Å². The van der Waals surface area contributed by atoms with Crippen molar-refractivity contribution < 1.29 is 14.7 Å². The minimum atomic E-state index is -1.02. The number of aliphatic carboxylic acids is 1. The Morgan fingerprint density at radius 3 is 2.82 bits per heavy atom. The van der Waals surface area contributed by atoms with Gasteiger partial charge in [-0.25, -0.2) is 4.79 Å². The van der Waals surface area contributed by atoms with Gasteiger partial charge in [0.15, 0.2) is 0 Å². The molecule has 4 nitrogen and oxygen atoms in total. The number of rotatable bonds is 1. The summed E-state index contributed by atoms with van der Waals surface area (Å²) in [4.78, 5) is 22.4. The van der Waals surface area contributed by atoms with Crippen LogP contribution in [0.4, 0.5) is 0 Å². The molecule has 60 valence electrons. The average Bonchev–Trinajstić information content (AvgIpc) is 2.18. The maximum Gasteiger partial charge on any atom is 0.330 e. The van der Waals surface area contributed by atoms with Gasteiger partial charge in [0.25, 0.3) is 0 Å². The lowest BCUT2D eigenvalue weighted by molar-refractivity contribution is -0.131. The van der Waals surface area contributed by atoms with Gasteiger partial charge in [0.1, 0.15) is 0 Å². The lowest BCUT2D eigenvalue weighted by Crippen LogP contribution is -2.19. The van der Waals surface area contributed by atoms with Crippen molar-refractivity contribution in [1.82, 2.24) is 4.90 Å². The predicted molar refractivity (Wildman–Crippen MR) is 40.9 cm³/mol. The molecular formula is C6H7NO3S. The van der Waals surface area contributed by atoms with Gasteiger partial charge >= 0.3 is 5.97 Å². The van der Waals surface area contributed by atoms with Gasteiger partial charge < -0.3 is 10.0 Å². The first-order valence-corrected chi connectivity index (χ1v) is 3.94. The number of amides is 1. The summed E-state index contributed by atoms with van der Waals surface area (Å²) in [7, 11) is 1.57. The Hall–Kier alpha value is -0.970. The van der Waals surface area contributed by atoms with Crippen LogP contribution in [0.2, 0.25) is 0 Å². The fourth-order valence-corrected chi connectivity index (χ4v) is 1.64. The number of carbonyl (C=O) groups excluding carboxylic acids is 1. The van der Waals surface area contributed by atoms with Crippen LogP contribution in [0, 0.1) is 0 Å². The molecule has 0 spiro atoms. The fraction of sp³-hybridized carbons (Fsp3) is 0.333. The van der Waals surface area contributed by atoms with E-state index in [9.17, 15) is 9.59 Å². The van der Waals surface area contributed by atoms with E-state index >= 15 is 0 Å². The van der Waals surface area contributed by atoms with Crippen LogP contribution in [-0.4, -0.2) is 34.7 Å². The molecule has 0 aliphatic carbocycles. The Morgan fingerprint density at radius 2 is 2.45 bits per heavy atom. The average molecular weight is 173 g/mol. The second-order valence-corrected chi connectivity index (χ2v) is 3.06. The van der Waals surface area contributed by atoms with Crippen LogP contribution in [0.1, 0.15) is 0 Å². The summed E-state index contributed by atoms with van der Waals surface area (Å²) < 4.78 is 0. The monoisotopic (exact) mass is 173 g/mol. The van der Waals surface area contributed by atoms with E-state index in [0.29, 0.717) is 10.8 Å². The molecule has 0 aromatic carbocycles. The predicted octanol–water partition coefficient (Wildman–Crippen LogP) is 0.118. The first kappa shape index (κ1) is 8.13. The summed E-state index contributed by atoms with van der Waals surface area (Å²) in [5, 5.41) is 8.85. The molecule has 11 heavy (non-hydrogen) atoms. The standard InChI is InChI=1S/C6H7NO3S/c1-7-4(8)3-11-5(7)2-6(9)10/h2H,3H2,1H3,(H,9,10)/b5-2-. The second-order valence-electron chi connectivity index (χ2n) is 2.06. The van der Waals surface area contributed by atoms with Crippen molar-refractivity contribution in [1.29, 1.82) is 0 Å². The first-order chi connectivity index (χ1) is 5.11. The molecule has 1 heterocycles. The van der Waals surface area contributed by atoms with Crippen LogP contribution >= 0.6 is 11.8 Å². The largest absolute Gasteiger partial charge is 0.478 e. The smallest absolute Gasteiger partial charge is 0.330 e. The summed E-state index contributed by atoms with van der Waals surface area (Å²) in [6, 6.07) is 0. The molecule has 0 aromatic rings. The third-order valence-electron chi connectivity index (χ3n) is 1.30. The Balaban J connectivity index is 2.76. The van der Waals surface area contributed by atoms with Crippen LogP contribution in [0.25, 0.3) is 0 Å². The van der Waals surface area contributed by atoms with Gasteiger partial charge in [0, 0.05) is 7.05 Å². The molecule has 0 saturated carbocycles. The van der Waals surface area contributed by atoms with Gasteiger partial charge in [0.2, 0.25) is 5.91 Å². The number of carboxylic acids is 1. The highest BCUT2D eigenvalue weighted by molar-refractivity contribution is 8.04. The Morgan fingerprint density at radius 1 is 1.82 bits per heavy atom. The summed E-state index contributed by atoms with van der Waals surface area (Å²) in [6.45, 7) is 0. The zero-order valence-electron chi connectivity index (χ0n) is 5.90. The van der Waals surface area contributed by atoms with E-state index in [0.717, 1.165) is 6.08 Å². The van der Waals surface area contributed by atoms with Gasteiger partial charge in [-0.1, -0.05) is 11.8 Å². The number of hydrogen-bond acceptors (Lipinski definition) is 3. The lowest BCUT2D eigenvalue weighted by atomic mass is 10.5. The van der Waals surface area contributed by atoms with Gasteiger partial charge in [-0.15, -0.1) is 0 Å². The Kier molecular flexibility index (Phi) is 2.19. The summed E-state index contributed by atoms with van der Waals surface area (Å²) in [5.41, 5.74) is 0. The molecule has 0 aromatic heterocycles. The highest BCUT2D eigenvalue weighted by atomic mass is 32.2. The molecule has 1 aliphatic heterocycles. The van der Waals surface area contributed by atoms with E-state index in [4.69, 9.17) is 5.11 Å². The van der Waals surface area contributed by atoms with E-state index in [1.165, 1.54) is 16.7 Å². The second kappa shape index (κ2) is 2.96. The number of thioether (sulfide) groups is 1. The van der Waals surface area contributed by atoms with Crippen LogP contribution in [0.5, 0.6) is 0 Å². The molecule has 0 radical (unpaired) electrons. The van der Waals surface area contributed by atoms with Crippen molar-refractivity contribution in [2.45, 2.75) is 0 Å². The summed E-state index contributed by atoms with van der Waals surface area (Å²) in [5.74, 6) is -0.730. The summed E-state index contributed by atoms with van der Waals surface area (Å²) in [6.07, 6.45) is 1.04. The molecule has 0 atom stereocenters. The number of carboxylic acid groups (broad SMARTS) is 1.